The van der Waals surface area contributed by atoms with Crippen molar-refractivity contribution in [3.63, 3.8) is 0 Å². The number of nitrogens with two attached hydrogens (primary N) is 1. The summed E-state index contributed by atoms with van der Waals surface area (Å²) in [5, 5.41) is 0. The molecule has 0 saturated carbocycles. The van der Waals surface area contributed by atoms with Crippen molar-refractivity contribution in [2.75, 3.05) is 0 Å². The molecule has 0 bridgehead atoms. The van der Waals surface area contributed by atoms with Crippen LogP contribution in [0.15, 0.2) is 35.9 Å². The molecule has 0 fully saturated rings. The highest BCUT2D eigenvalue weighted by Crippen LogP contribution is 2.12. The smallest absolute Gasteiger partial charge is 0.165 e. The van der Waals surface area contributed by atoms with Crippen LogP contribution in [0.3, 0.4) is 0 Å². The van der Waals surface area contributed by atoms with Gasteiger partial charge < -0.3 is 5.73 Å². The number of hydrogen-bond acceptors (Lipinski definition) is 3. The summed E-state index contributed by atoms with van der Waals surface area (Å²) < 4.78 is 0. The number of allylic oxidation sites excluding steroid dienone is 1. The SMILES string of the molecule is CC(=O)/C(C=O)=C(\N)c1ccccc1. The summed E-state index contributed by atoms with van der Waals surface area (Å²) in [5.74, 6) is -0.318. The maximum absolute atomic E-state index is 11.0. The van der Waals surface area contributed by atoms with E-state index in [1.54, 1.807) is 24.3 Å². The van der Waals surface area contributed by atoms with Crippen LogP contribution in [-0.2, 0) is 9.59 Å². The number of ketones is 1. The molecule has 0 saturated heterocycles. The molecule has 72 valence electrons. The van der Waals surface area contributed by atoms with Gasteiger partial charge in [-0.2, -0.15) is 0 Å². The lowest BCUT2D eigenvalue weighted by Gasteiger charge is -2.03. The minimum atomic E-state index is -0.318. The van der Waals surface area contributed by atoms with E-state index in [2.05, 4.69) is 0 Å². The Labute approximate surface area is 82.2 Å². The average molecular weight is 189 g/mol. The van der Waals surface area contributed by atoms with E-state index in [0.29, 0.717) is 11.8 Å². The van der Waals surface area contributed by atoms with Gasteiger partial charge in [0.1, 0.15) is 0 Å². The van der Waals surface area contributed by atoms with Gasteiger partial charge in [-0.1, -0.05) is 30.3 Å². The Morgan fingerprint density at radius 1 is 1.29 bits per heavy atom. The Hall–Kier alpha value is -1.90. The highest BCUT2D eigenvalue weighted by Gasteiger charge is 2.08. The zero-order valence-corrected chi connectivity index (χ0v) is 7.86. The van der Waals surface area contributed by atoms with Crippen LogP contribution in [0.25, 0.3) is 5.70 Å². The van der Waals surface area contributed by atoms with Gasteiger partial charge in [0.15, 0.2) is 12.1 Å². The van der Waals surface area contributed by atoms with Crippen molar-refractivity contribution in [2.45, 2.75) is 6.92 Å². The summed E-state index contributed by atoms with van der Waals surface area (Å²) in [6.07, 6.45) is 0.491. The maximum atomic E-state index is 11.0. The molecule has 0 spiro atoms. The quantitative estimate of drug-likeness (QED) is 0.336. The molecular formula is C11H11NO2. The molecule has 0 aliphatic rings. The standard InChI is InChI=1S/C11H11NO2/c1-8(14)10(7-13)11(12)9-5-3-2-4-6-9/h2-7H,12H2,1H3/b11-10-. The third-order valence-electron chi connectivity index (χ3n) is 1.87. The second kappa shape index (κ2) is 4.37. The summed E-state index contributed by atoms with van der Waals surface area (Å²) in [5.41, 5.74) is 6.62. The molecule has 0 atom stereocenters. The second-order valence-corrected chi connectivity index (χ2v) is 2.87. The number of carbonyl (C=O) groups is 2. The maximum Gasteiger partial charge on any atom is 0.165 e. The average Bonchev–Trinajstić information content (AvgIpc) is 2.19. The molecule has 3 heteroatoms. The van der Waals surface area contributed by atoms with Crippen LogP contribution in [0.1, 0.15) is 12.5 Å². The zero-order valence-electron chi connectivity index (χ0n) is 7.86. The Bertz CT molecular complexity index is 380. The van der Waals surface area contributed by atoms with Crippen molar-refractivity contribution < 1.29 is 9.59 Å². The van der Waals surface area contributed by atoms with E-state index < -0.39 is 0 Å². The fraction of sp³-hybridized carbons (Fsp3) is 0.0909. The van der Waals surface area contributed by atoms with E-state index >= 15 is 0 Å². The van der Waals surface area contributed by atoms with E-state index in [0.717, 1.165) is 0 Å². The predicted octanol–water partition coefficient (Wildman–Crippen LogP) is 1.14. The Morgan fingerprint density at radius 2 is 1.86 bits per heavy atom. The molecule has 0 radical (unpaired) electrons. The minimum Gasteiger partial charge on any atom is -0.398 e. The van der Waals surface area contributed by atoms with Crippen molar-refractivity contribution >= 4 is 17.8 Å². The highest BCUT2D eigenvalue weighted by molar-refractivity contribution is 6.16. The Kier molecular flexibility index (Phi) is 3.18. The molecule has 0 unspecified atom stereocenters. The first-order valence-electron chi connectivity index (χ1n) is 4.18. The molecular weight excluding hydrogens is 178 g/mol. The Balaban J connectivity index is 3.21. The fourth-order valence-corrected chi connectivity index (χ4v) is 1.11. The van der Waals surface area contributed by atoms with E-state index in [9.17, 15) is 9.59 Å². The molecule has 0 aliphatic carbocycles. The monoisotopic (exact) mass is 189 g/mol. The lowest BCUT2D eigenvalue weighted by atomic mass is 10.1. The Morgan fingerprint density at radius 3 is 2.29 bits per heavy atom. The van der Waals surface area contributed by atoms with Gasteiger partial charge in [-0.3, -0.25) is 9.59 Å². The van der Waals surface area contributed by atoms with Gasteiger partial charge in [-0.05, 0) is 12.5 Å². The van der Waals surface area contributed by atoms with Gasteiger partial charge in [-0.25, -0.2) is 0 Å². The van der Waals surface area contributed by atoms with Crippen LogP contribution < -0.4 is 5.73 Å². The van der Waals surface area contributed by atoms with Crippen molar-refractivity contribution in [1.29, 1.82) is 0 Å². The van der Waals surface area contributed by atoms with Crippen molar-refractivity contribution in [3.05, 3.63) is 41.5 Å². The molecule has 14 heavy (non-hydrogen) atoms. The molecule has 0 amide bonds. The molecule has 3 nitrogen and oxygen atoms in total. The van der Waals surface area contributed by atoms with Gasteiger partial charge in [0.2, 0.25) is 0 Å². The van der Waals surface area contributed by atoms with Crippen LogP contribution in [0, 0.1) is 0 Å². The van der Waals surface area contributed by atoms with Crippen LogP contribution >= 0.6 is 0 Å². The number of benzene rings is 1. The zero-order chi connectivity index (χ0) is 10.6. The van der Waals surface area contributed by atoms with E-state index in [4.69, 9.17) is 5.73 Å². The summed E-state index contributed by atoms with van der Waals surface area (Å²) in [6.45, 7) is 1.32. The molecule has 0 aromatic heterocycles. The second-order valence-electron chi connectivity index (χ2n) is 2.87. The first-order valence-corrected chi connectivity index (χ1v) is 4.18. The van der Waals surface area contributed by atoms with Crippen molar-refractivity contribution in [3.8, 4) is 0 Å². The normalized spacial score (nSPS) is 11.8. The summed E-state index contributed by atoms with van der Waals surface area (Å²) in [4.78, 5) is 21.6. The van der Waals surface area contributed by atoms with Gasteiger partial charge in [0.25, 0.3) is 0 Å². The number of rotatable bonds is 3. The summed E-state index contributed by atoms with van der Waals surface area (Å²) in [6, 6.07) is 8.93. The van der Waals surface area contributed by atoms with Crippen molar-refractivity contribution in [2.24, 2.45) is 5.73 Å². The van der Waals surface area contributed by atoms with E-state index in [1.165, 1.54) is 6.92 Å². The van der Waals surface area contributed by atoms with Crippen molar-refractivity contribution in [1.82, 2.24) is 0 Å². The van der Waals surface area contributed by atoms with Gasteiger partial charge >= 0.3 is 0 Å². The third-order valence-corrected chi connectivity index (χ3v) is 1.87. The molecule has 1 rings (SSSR count). The minimum absolute atomic E-state index is 0.0243. The van der Waals surface area contributed by atoms with Gasteiger partial charge in [0, 0.05) is 0 Å². The number of aldehydes is 1. The molecule has 0 heterocycles. The predicted molar refractivity (Wildman–Crippen MR) is 54.3 cm³/mol. The largest absolute Gasteiger partial charge is 0.398 e. The lowest BCUT2D eigenvalue weighted by molar-refractivity contribution is -0.115. The van der Waals surface area contributed by atoms with Crippen LogP contribution in [-0.4, -0.2) is 12.1 Å². The fourth-order valence-electron chi connectivity index (χ4n) is 1.11. The molecule has 1 aromatic carbocycles. The lowest BCUT2D eigenvalue weighted by Crippen LogP contribution is -2.08. The first-order chi connectivity index (χ1) is 6.66. The highest BCUT2D eigenvalue weighted by atomic mass is 16.1. The number of Topliss-reactive ketones (excluding diaryl/α,β-unsaturated/α-hetero) is 1. The molecule has 1 aromatic rings. The van der Waals surface area contributed by atoms with Crippen LogP contribution in [0.2, 0.25) is 0 Å². The third kappa shape index (κ3) is 2.07. The van der Waals surface area contributed by atoms with E-state index in [-0.39, 0.29) is 17.1 Å². The van der Waals surface area contributed by atoms with E-state index in [1.807, 2.05) is 6.07 Å². The van der Waals surface area contributed by atoms with Gasteiger partial charge in [0.05, 0.1) is 11.3 Å². The van der Waals surface area contributed by atoms with Crippen LogP contribution in [0.4, 0.5) is 0 Å². The number of carbonyl (C=O) groups excluding carboxylic acids is 2. The number of hydrogen-bond donors (Lipinski definition) is 1. The summed E-state index contributed by atoms with van der Waals surface area (Å²) >= 11 is 0. The first kappa shape index (κ1) is 10.2. The summed E-state index contributed by atoms with van der Waals surface area (Å²) in [7, 11) is 0. The topological polar surface area (TPSA) is 60.2 Å². The molecule has 2 N–H and O–H groups in total. The van der Waals surface area contributed by atoms with Crippen LogP contribution in [0.5, 0.6) is 0 Å². The molecule has 0 aliphatic heterocycles. The van der Waals surface area contributed by atoms with Gasteiger partial charge in [-0.15, -0.1) is 0 Å².